The number of nitrogens with one attached hydrogen (secondary N) is 1. The van der Waals surface area contributed by atoms with Crippen molar-refractivity contribution in [1.82, 2.24) is 10.2 Å². The number of hydrogen-bond donors (Lipinski definition) is 1. The van der Waals surface area contributed by atoms with Gasteiger partial charge in [-0.1, -0.05) is 48.9 Å². The lowest BCUT2D eigenvalue weighted by Crippen LogP contribution is -2.54. The Hall–Kier alpha value is -2.79. The molecular weight excluding hydrogens is 531 g/mol. The van der Waals surface area contributed by atoms with E-state index in [9.17, 15) is 31.2 Å². The van der Waals surface area contributed by atoms with E-state index < -0.39 is 51.2 Å². The second kappa shape index (κ2) is 12.6. The minimum atomic E-state index is -4.83. The van der Waals surface area contributed by atoms with Crippen LogP contribution in [0.1, 0.15) is 38.3 Å². The molecular formula is C25H31ClF3N3O4S. The number of amides is 2. The highest BCUT2D eigenvalue weighted by Crippen LogP contribution is 2.37. The molecule has 0 bridgehead atoms. The van der Waals surface area contributed by atoms with E-state index >= 15 is 0 Å². The van der Waals surface area contributed by atoms with E-state index in [0.29, 0.717) is 16.8 Å². The molecule has 1 atom stereocenters. The largest absolute Gasteiger partial charge is 0.417 e. The summed E-state index contributed by atoms with van der Waals surface area (Å²) in [6, 6.07) is 10.7. The summed E-state index contributed by atoms with van der Waals surface area (Å²) in [6.07, 6.45) is -3.41. The number of carbonyl (C=O) groups is 2. The van der Waals surface area contributed by atoms with Crippen LogP contribution in [-0.4, -0.2) is 56.6 Å². The van der Waals surface area contributed by atoms with Gasteiger partial charge in [0.25, 0.3) is 0 Å². The van der Waals surface area contributed by atoms with Gasteiger partial charge in [0.1, 0.15) is 12.6 Å². The Morgan fingerprint density at radius 3 is 2.22 bits per heavy atom. The zero-order valence-corrected chi connectivity index (χ0v) is 22.6. The molecule has 204 valence electrons. The van der Waals surface area contributed by atoms with Gasteiger partial charge in [-0.25, -0.2) is 8.42 Å². The molecule has 0 fully saturated rings. The highest BCUT2D eigenvalue weighted by Gasteiger charge is 2.36. The van der Waals surface area contributed by atoms with E-state index in [2.05, 4.69) is 5.32 Å². The third-order valence-electron chi connectivity index (χ3n) is 5.52. The molecule has 0 aliphatic carbocycles. The molecule has 7 nitrogen and oxygen atoms in total. The minimum absolute atomic E-state index is 0.0961. The molecule has 2 aromatic rings. The van der Waals surface area contributed by atoms with Crippen molar-refractivity contribution in [3.8, 4) is 0 Å². The second-order valence-corrected chi connectivity index (χ2v) is 11.2. The molecule has 12 heteroatoms. The molecule has 0 spiro atoms. The van der Waals surface area contributed by atoms with Crippen molar-refractivity contribution in [1.29, 1.82) is 0 Å². The maximum atomic E-state index is 13.5. The van der Waals surface area contributed by atoms with Crippen LogP contribution in [0.2, 0.25) is 5.02 Å². The molecule has 0 saturated carbocycles. The molecule has 0 unspecified atom stereocenters. The average Bonchev–Trinajstić information content (AvgIpc) is 2.79. The monoisotopic (exact) mass is 561 g/mol. The summed E-state index contributed by atoms with van der Waals surface area (Å²) < 4.78 is 66.0. The first kappa shape index (κ1) is 30.4. The van der Waals surface area contributed by atoms with Crippen molar-refractivity contribution in [3.63, 3.8) is 0 Å². The van der Waals surface area contributed by atoms with Gasteiger partial charge in [0.15, 0.2) is 0 Å². The third kappa shape index (κ3) is 8.63. The maximum Gasteiger partial charge on any atom is 0.417 e. The molecule has 2 amide bonds. The van der Waals surface area contributed by atoms with Crippen molar-refractivity contribution >= 4 is 39.1 Å². The summed E-state index contributed by atoms with van der Waals surface area (Å²) >= 11 is 5.68. The van der Waals surface area contributed by atoms with Crippen molar-refractivity contribution in [2.24, 2.45) is 0 Å². The summed E-state index contributed by atoms with van der Waals surface area (Å²) in [4.78, 5) is 27.7. The van der Waals surface area contributed by atoms with Gasteiger partial charge >= 0.3 is 6.18 Å². The van der Waals surface area contributed by atoms with E-state index in [1.165, 1.54) is 4.90 Å². The topological polar surface area (TPSA) is 86.8 Å². The van der Waals surface area contributed by atoms with E-state index in [1.807, 2.05) is 30.3 Å². The van der Waals surface area contributed by atoms with Crippen LogP contribution < -0.4 is 9.62 Å². The van der Waals surface area contributed by atoms with Crippen molar-refractivity contribution < 1.29 is 31.2 Å². The first-order valence-electron chi connectivity index (χ1n) is 11.6. The van der Waals surface area contributed by atoms with Crippen molar-refractivity contribution in [2.75, 3.05) is 23.7 Å². The fraction of sp³-hybridized carbons (Fsp3) is 0.440. The minimum Gasteiger partial charge on any atom is -0.352 e. The first-order chi connectivity index (χ1) is 17.1. The molecule has 0 aromatic heterocycles. The number of alkyl halides is 3. The van der Waals surface area contributed by atoms with Gasteiger partial charge in [-0.3, -0.25) is 13.9 Å². The SMILES string of the molecule is CC[C@@H](C(=O)NC(C)C)N(CCc1ccccc1)C(=O)CN(c1ccc(Cl)c(C(F)(F)F)c1)S(C)(=O)=O. The Labute approximate surface area is 220 Å². The molecule has 0 saturated heterocycles. The molecule has 0 heterocycles. The summed E-state index contributed by atoms with van der Waals surface area (Å²) in [5.74, 6) is -1.13. The molecule has 0 aliphatic rings. The quantitative estimate of drug-likeness (QED) is 0.438. The number of benzene rings is 2. The Bertz CT molecular complexity index is 1190. The lowest BCUT2D eigenvalue weighted by molar-refractivity contribution is -0.139. The lowest BCUT2D eigenvalue weighted by Gasteiger charge is -2.33. The predicted molar refractivity (Wildman–Crippen MR) is 138 cm³/mol. The van der Waals surface area contributed by atoms with Crippen LogP contribution in [-0.2, 0) is 32.2 Å². The van der Waals surface area contributed by atoms with Crippen LogP contribution in [0.15, 0.2) is 48.5 Å². The predicted octanol–water partition coefficient (Wildman–Crippen LogP) is 4.50. The second-order valence-electron chi connectivity index (χ2n) is 8.84. The normalized spacial score (nSPS) is 12.8. The van der Waals surface area contributed by atoms with Gasteiger partial charge in [0.2, 0.25) is 21.8 Å². The smallest absolute Gasteiger partial charge is 0.352 e. The zero-order chi connectivity index (χ0) is 28.0. The number of hydrogen-bond acceptors (Lipinski definition) is 4. The van der Waals surface area contributed by atoms with Gasteiger partial charge in [-0.15, -0.1) is 0 Å². The number of halogens is 4. The standard InChI is InChI=1S/C25H31ClF3N3O4S/c1-5-22(24(34)30-17(2)3)31(14-13-18-9-7-6-8-10-18)23(33)16-32(37(4,35)36)19-11-12-21(26)20(15-19)25(27,28)29/h6-12,15,17,22H,5,13-14,16H2,1-4H3,(H,30,34)/t22-/m0/s1. The first-order valence-corrected chi connectivity index (χ1v) is 13.9. The lowest BCUT2D eigenvalue weighted by atomic mass is 10.1. The highest BCUT2D eigenvalue weighted by molar-refractivity contribution is 7.92. The van der Waals surface area contributed by atoms with Gasteiger partial charge in [0, 0.05) is 12.6 Å². The number of carbonyl (C=O) groups excluding carboxylic acids is 2. The summed E-state index contributed by atoms with van der Waals surface area (Å²) in [7, 11) is -4.19. The van der Waals surface area contributed by atoms with E-state index in [4.69, 9.17) is 11.6 Å². The van der Waals surface area contributed by atoms with E-state index in [1.54, 1.807) is 20.8 Å². The Kier molecular flexibility index (Phi) is 10.4. The zero-order valence-electron chi connectivity index (χ0n) is 21.0. The molecule has 0 radical (unpaired) electrons. The maximum absolute atomic E-state index is 13.5. The Morgan fingerprint density at radius 2 is 1.70 bits per heavy atom. The number of sulfonamides is 1. The van der Waals surface area contributed by atoms with Crippen LogP contribution >= 0.6 is 11.6 Å². The summed E-state index contributed by atoms with van der Waals surface area (Å²) in [6.45, 7) is 4.56. The van der Waals surface area contributed by atoms with Gasteiger partial charge in [-0.2, -0.15) is 13.2 Å². The van der Waals surface area contributed by atoms with Gasteiger partial charge < -0.3 is 10.2 Å². The molecule has 2 aromatic carbocycles. The Morgan fingerprint density at radius 1 is 1.08 bits per heavy atom. The van der Waals surface area contributed by atoms with E-state index in [0.717, 1.165) is 24.0 Å². The summed E-state index contributed by atoms with van der Waals surface area (Å²) in [5, 5.41) is 2.17. The van der Waals surface area contributed by atoms with Crippen molar-refractivity contribution in [2.45, 2.75) is 51.9 Å². The van der Waals surface area contributed by atoms with E-state index in [-0.39, 0.29) is 24.7 Å². The fourth-order valence-electron chi connectivity index (χ4n) is 3.78. The number of rotatable bonds is 11. The molecule has 0 aliphatic heterocycles. The molecule has 2 rings (SSSR count). The number of anilines is 1. The van der Waals surface area contributed by atoms with Crippen LogP contribution in [0.25, 0.3) is 0 Å². The summed E-state index contributed by atoms with van der Waals surface area (Å²) in [5.41, 5.74) is -0.696. The van der Waals surface area contributed by atoms with Gasteiger partial charge in [-0.05, 0) is 50.5 Å². The number of nitrogens with zero attached hydrogens (tertiary/aromatic N) is 2. The average molecular weight is 562 g/mol. The van der Waals surface area contributed by atoms with Crippen LogP contribution in [0.5, 0.6) is 0 Å². The molecule has 1 N–H and O–H groups in total. The van der Waals surface area contributed by atoms with Gasteiger partial charge in [0.05, 0.1) is 22.5 Å². The Balaban J connectivity index is 2.45. The highest BCUT2D eigenvalue weighted by atomic mass is 35.5. The van der Waals surface area contributed by atoms with Crippen LogP contribution in [0, 0.1) is 0 Å². The fourth-order valence-corrected chi connectivity index (χ4v) is 4.84. The van der Waals surface area contributed by atoms with Crippen molar-refractivity contribution in [3.05, 3.63) is 64.7 Å². The molecule has 37 heavy (non-hydrogen) atoms. The van der Waals surface area contributed by atoms with Crippen LogP contribution in [0.4, 0.5) is 18.9 Å². The third-order valence-corrected chi connectivity index (χ3v) is 6.99. The van der Waals surface area contributed by atoms with Crippen LogP contribution in [0.3, 0.4) is 0 Å².